The van der Waals surface area contributed by atoms with Gasteiger partial charge in [0.05, 0.1) is 0 Å². The van der Waals surface area contributed by atoms with Gasteiger partial charge >= 0.3 is 0 Å². The largest absolute Gasteiger partial charge is 0.0794 e. The van der Waals surface area contributed by atoms with E-state index in [-0.39, 0.29) is 0 Å². The zero-order valence-corrected chi connectivity index (χ0v) is 12.8. The average molecular weight is 248 g/mol. The standard InChI is InChI=1S/C18H32/c1-15(16-10-6-4-7-11-16)14-18(2,3)17-12-8-5-9-13-17/h14,16-17H,4-13H2,1-3H3/b15-14-. The summed E-state index contributed by atoms with van der Waals surface area (Å²) in [5.41, 5.74) is 2.13. The summed E-state index contributed by atoms with van der Waals surface area (Å²) in [5.74, 6) is 1.84. The molecule has 0 saturated heterocycles. The smallest absolute Gasteiger partial charge is 0.0144 e. The van der Waals surface area contributed by atoms with Gasteiger partial charge in [-0.15, -0.1) is 0 Å². The van der Waals surface area contributed by atoms with Crippen LogP contribution in [0.4, 0.5) is 0 Å². The van der Waals surface area contributed by atoms with E-state index < -0.39 is 0 Å². The fourth-order valence-corrected chi connectivity index (χ4v) is 4.23. The predicted octanol–water partition coefficient (Wildman–Crippen LogP) is 6.12. The van der Waals surface area contributed by atoms with Gasteiger partial charge in [0.1, 0.15) is 0 Å². The number of allylic oxidation sites excluding steroid dienone is 2. The summed E-state index contributed by atoms with van der Waals surface area (Å²) < 4.78 is 0. The fourth-order valence-electron chi connectivity index (χ4n) is 4.23. The van der Waals surface area contributed by atoms with Crippen molar-refractivity contribution in [2.45, 2.75) is 85.0 Å². The number of hydrogen-bond donors (Lipinski definition) is 0. The van der Waals surface area contributed by atoms with Gasteiger partial charge < -0.3 is 0 Å². The number of hydrogen-bond acceptors (Lipinski definition) is 0. The molecule has 0 N–H and O–H groups in total. The van der Waals surface area contributed by atoms with Gasteiger partial charge in [0.15, 0.2) is 0 Å². The molecule has 0 bridgehead atoms. The Morgan fingerprint density at radius 3 is 1.89 bits per heavy atom. The second-order valence-electron chi connectivity index (χ2n) is 7.38. The Kier molecular flexibility index (Phi) is 4.92. The second-order valence-corrected chi connectivity index (χ2v) is 7.38. The molecule has 2 aliphatic rings. The molecule has 0 heterocycles. The molecule has 0 aliphatic heterocycles. The Balaban J connectivity index is 1.99. The van der Waals surface area contributed by atoms with Gasteiger partial charge in [0, 0.05) is 0 Å². The molecule has 2 saturated carbocycles. The lowest BCUT2D eigenvalue weighted by Gasteiger charge is -2.36. The molecule has 104 valence electrons. The zero-order valence-electron chi connectivity index (χ0n) is 12.8. The summed E-state index contributed by atoms with van der Waals surface area (Å²) in [5, 5.41) is 0. The molecule has 2 fully saturated rings. The normalized spacial score (nSPS) is 25.4. The molecule has 0 aromatic rings. The van der Waals surface area contributed by atoms with E-state index in [4.69, 9.17) is 0 Å². The molecule has 0 radical (unpaired) electrons. The first kappa shape index (κ1) is 14.2. The van der Waals surface area contributed by atoms with Crippen molar-refractivity contribution >= 4 is 0 Å². The van der Waals surface area contributed by atoms with Crippen molar-refractivity contribution in [1.29, 1.82) is 0 Å². The lowest BCUT2D eigenvalue weighted by Crippen LogP contribution is -2.25. The molecule has 2 aliphatic carbocycles. The topological polar surface area (TPSA) is 0 Å². The third kappa shape index (κ3) is 3.62. The lowest BCUT2D eigenvalue weighted by molar-refractivity contribution is 0.207. The van der Waals surface area contributed by atoms with E-state index in [0.29, 0.717) is 5.41 Å². The minimum Gasteiger partial charge on any atom is -0.0794 e. The first-order valence-corrected chi connectivity index (χ1v) is 8.29. The Labute approximate surface area is 114 Å². The van der Waals surface area contributed by atoms with E-state index in [0.717, 1.165) is 11.8 Å². The summed E-state index contributed by atoms with van der Waals surface area (Å²) in [7, 11) is 0. The Bertz CT molecular complexity index is 272. The molecule has 18 heavy (non-hydrogen) atoms. The van der Waals surface area contributed by atoms with Crippen LogP contribution in [0.2, 0.25) is 0 Å². The molecular weight excluding hydrogens is 216 g/mol. The number of rotatable bonds is 3. The summed E-state index contributed by atoms with van der Waals surface area (Å²) in [6.45, 7) is 7.37. The minimum atomic E-state index is 0.432. The van der Waals surface area contributed by atoms with Crippen molar-refractivity contribution < 1.29 is 0 Å². The molecule has 0 nitrogen and oxygen atoms in total. The van der Waals surface area contributed by atoms with Gasteiger partial charge in [-0.1, -0.05) is 64.0 Å². The molecular formula is C18H32. The van der Waals surface area contributed by atoms with Gasteiger partial charge in [-0.2, -0.15) is 0 Å². The van der Waals surface area contributed by atoms with Crippen LogP contribution in [0.5, 0.6) is 0 Å². The highest BCUT2D eigenvalue weighted by molar-refractivity contribution is 5.11. The van der Waals surface area contributed by atoms with E-state index in [9.17, 15) is 0 Å². The van der Waals surface area contributed by atoms with Crippen LogP contribution in [-0.2, 0) is 0 Å². The molecule has 0 amide bonds. The average Bonchev–Trinajstić information content (AvgIpc) is 2.40. The van der Waals surface area contributed by atoms with Gasteiger partial charge in [-0.25, -0.2) is 0 Å². The van der Waals surface area contributed by atoms with E-state index in [2.05, 4.69) is 26.8 Å². The van der Waals surface area contributed by atoms with Gasteiger partial charge in [-0.3, -0.25) is 0 Å². The molecule has 0 heteroatoms. The zero-order chi connectivity index (χ0) is 13.0. The van der Waals surface area contributed by atoms with E-state index in [1.165, 1.54) is 64.2 Å². The Morgan fingerprint density at radius 1 is 0.833 bits per heavy atom. The van der Waals surface area contributed by atoms with E-state index in [1.807, 2.05) is 0 Å². The molecule has 0 atom stereocenters. The monoisotopic (exact) mass is 248 g/mol. The lowest BCUT2D eigenvalue weighted by atomic mass is 9.69. The van der Waals surface area contributed by atoms with Crippen LogP contribution in [0, 0.1) is 17.3 Å². The van der Waals surface area contributed by atoms with Crippen LogP contribution in [0.3, 0.4) is 0 Å². The third-order valence-electron chi connectivity index (χ3n) is 5.51. The highest BCUT2D eigenvalue weighted by atomic mass is 14.3. The van der Waals surface area contributed by atoms with Crippen molar-refractivity contribution in [3.63, 3.8) is 0 Å². The second kappa shape index (κ2) is 6.26. The first-order chi connectivity index (χ1) is 8.59. The van der Waals surface area contributed by atoms with Gasteiger partial charge in [0.2, 0.25) is 0 Å². The summed E-state index contributed by atoms with van der Waals surface area (Å²) >= 11 is 0. The van der Waals surface area contributed by atoms with Crippen molar-refractivity contribution in [2.75, 3.05) is 0 Å². The van der Waals surface area contributed by atoms with Crippen LogP contribution >= 0.6 is 0 Å². The molecule has 0 aromatic heterocycles. The van der Waals surface area contributed by atoms with Crippen LogP contribution in [-0.4, -0.2) is 0 Å². The SMILES string of the molecule is C/C(=C/C(C)(C)C1CCCCC1)C1CCCCC1. The third-order valence-corrected chi connectivity index (χ3v) is 5.51. The first-order valence-electron chi connectivity index (χ1n) is 8.29. The van der Waals surface area contributed by atoms with E-state index >= 15 is 0 Å². The molecule has 0 aromatic carbocycles. The van der Waals surface area contributed by atoms with Crippen LogP contribution in [0.1, 0.15) is 85.0 Å². The highest BCUT2D eigenvalue weighted by Gasteiger charge is 2.29. The van der Waals surface area contributed by atoms with Crippen molar-refractivity contribution in [2.24, 2.45) is 17.3 Å². The molecule has 2 rings (SSSR count). The maximum Gasteiger partial charge on any atom is -0.0144 e. The Morgan fingerprint density at radius 2 is 1.33 bits per heavy atom. The van der Waals surface area contributed by atoms with Crippen LogP contribution in [0.25, 0.3) is 0 Å². The summed E-state index contributed by atoms with van der Waals surface area (Å²) in [6, 6.07) is 0. The summed E-state index contributed by atoms with van der Waals surface area (Å²) in [4.78, 5) is 0. The fraction of sp³-hybridized carbons (Fsp3) is 0.889. The highest BCUT2D eigenvalue weighted by Crippen LogP contribution is 2.41. The minimum absolute atomic E-state index is 0.432. The van der Waals surface area contributed by atoms with Gasteiger partial charge in [-0.05, 0) is 49.9 Å². The predicted molar refractivity (Wildman–Crippen MR) is 80.7 cm³/mol. The Hall–Kier alpha value is -0.260. The molecule has 0 spiro atoms. The maximum absolute atomic E-state index is 2.65. The van der Waals surface area contributed by atoms with Crippen molar-refractivity contribution in [1.82, 2.24) is 0 Å². The van der Waals surface area contributed by atoms with Crippen LogP contribution < -0.4 is 0 Å². The van der Waals surface area contributed by atoms with Gasteiger partial charge in [0.25, 0.3) is 0 Å². The summed E-state index contributed by atoms with van der Waals surface area (Å²) in [6.07, 6.45) is 17.2. The van der Waals surface area contributed by atoms with Crippen molar-refractivity contribution in [3.05, 3.63) is 11.6 Å². The van der Waals surface area contributed by atoms with Crippen LogP contribution in [0.15, 0.2) is 11.6 Å². The molecule has 0 unspecified atom stereocenters. The van der Waals surface area contributed by atoms with E-state index in [1.54, 1.807) is 5.57 Å². The maximum atomic E-state index is 2.65. The quantitative estimate of drug-likeness (QED) is 0.528. The van der Waals surface area contributed by atoms with Crippen molar-refractivity contribution in [3.8, 4) is 0 Å².